The molecule has 0 saturated carbocycles. The van der Waals surface area contributed by atoms with Crippen LogP contribution in [0.4, 0.5) is 0 Å². The second-order valence-electron chi connectivity index (χ2n) is 4.39. The van der Waals surface area contributed by atoms with E-state index in [2.05, 4.69) is 4.98 Å². The van der Waals surface area contributed by atoms with E-state index in [-0.39, 0.29) is 0 Å². The van der Waals surface area contributed by atoms with Gasteiger partial charge in [0.2, 0.25) is 0 Å². The fraction of sp³-hybridized carbons (Fsp3) is 0.125. The summed E-state index contributed by atoms with van der Waals surface area (Å²) in [4.78, 5) is 14.7. The van der Waals surface area contributed by atoms with Crippen LogP contribution in [0.25, 0.3) is 6.08 Å². The molecule has 2 aromatic rings. The summed E-state index contributed by atoms with van der Waals surface area (Å²) in [5.74, 6) is 0.479. The molecule has 0 saturated heterocycles. The number of hydrogen-bond acceptors (Lipinski definition) is 3. The van der Waals surface area contributed by atoms with Gasteiger partial charge in [0.1, 0.15) is 11.5 Å². The van der Waals surface area contributed by atoms with Gasteiger partial charge >= 0.3 is 5.97 Å². The SMILES string of the molecule is Cc1cc(/C=C/C(=O)O)ccc1Oc1cccnc1C. The third-order valence-corrected chi connectivity index (χ3v) is 2.80. The highest BCUT2D eigenvalue weighted by atomic mass is 16.5. The van der Waals surface area contributed by atoms with Crippen LogP contribution in [0.2, 0.25) is 0 Å². The molecule has 4 heteroatoms. The summed E-state index contributed by atoms with van der Waals surface area (Å²) in [5.41, 5.74) is 2.57. The van der Waals surface area contributed by atoms with Gasteiger partial charge in [0.25, 0.3) is 0 Å². The van der Waals surface area contributed by atoms with Crippen LogP contribution in [0, 0.1) is 13.8 Å². The normalized spacial score (nSPS) is 10.7. The van der Waals surface area contributed by atoms with Crippen molar-refractivity contribution in [2.75, 3.05) is 0 Å². The average Bonchev–Trinajstić information content (AvgIpc) is 2.41. The Morgan fingerprint density at radius 3 is 2.70 bits per heavy atom. The number of rotatable bonds is 4. The molecule has 2 rings (SSSR count). The quantitative estimate of drug-likeness (QED) is 0.862. The van der Waals surface area contributed by atoms with Crippen LogP contribution in [0.15, 0.2) is 42.6 Å². The zero-order valence-electron chi connectivity index (χ0n) is 11.3. The summed E-state index contributed by atoms with van der Waals surface area (Å²) in [6.07, 6.45) is 4.38. The molecule has 0 unspecified atom stereocenters. The molecule has 0 spiro atoms. The van der Waals surface area contributed by atoms with Crippen LogP contribution >= 0.6 is 0 Å². The Morgan fingerprint density at radius 1 is 1.25 bits per heavy atom. The zero-order valence-corrected chi connectivity index (χ0v) is 11.3. The van der Waals surface area contributed by atoms with E-state index in [4.69, 9.17) is 9.84 Å². The molecule has 1 aromatic heterocycles. The van der Waals surface area contributed by atoms with Gasteiger partial charge in [-0.2, -0.15) is 0 Å². The first kappa shape index (κ1) is 13.8. The third-order valence-electron chi connectivity index (χ3n) is 2.80. The number of carboxylic acids is 1. The van der Waals surface area contributed by atoms with Crippen LogP contribution in [0.3, 0.4) is 0 Å². The number of hydrogen-bond donors (Lipinski definition) is 1. The van der Waals surface area contributed by atoms with Gasteiger partial charge < -0.3 is 9.84 Å². The molecule has 1 N–H and O–H groups in total. The molecular weight excluding hydrogens is 254 g/mol. The lowest BCUT2D eigenvalue weighted by Crippen LogP contribution is -1.92. The molecule has 0 amide bonds. The first-order valence-electron chi connectivity index (χ1n) is 6.17. The van der Waals surface area contributed by atoms with Crippen molar-refractivity contribution in [1.82, 2.24) is 4.98 Å². The molecule has 1 aromatic carbocycles. The summed E-state index contributed by atoms with van der Waals surface area (Å²) in [6.45, 7) is 3.80. The first-order valence-corrected chi connectivity index (χ1v) is 6.17. The van der Waals surface area contributed by atoms with Crippen molar-refractivity contribution < 1.29 is 14.6 Å². The van der Waals surface area contributed by atoms with Gasteiger partial charge in [0, 0.05) is 12.3 Å². The highest BCUT2D eigenvalue weighted by molar-refractivity contribution is 5.85. The monoisotopic (exact) mass is 269 g/mol. The summed E-state index contributed by atoms with van der Waals surface area (Å²) in [6, 6.07) is 9.19. The molecule has 20 heavy (non-hydrogen) atoms. The number of aryl methyl sites for hydroxylation is 2. The van der Waals surface area contributed by atoms with Crippen molar-refractivity contribution in [3.63, 3.8) is 0 Å². The molecule has 0 atom stereocenters. The second kappa shape index (κ2) is 6.02. The van der Waals surface area contributed by atoms with Crippen molar-refractivity contribution in [2.24, 2.45) is 0 Å². The van der Waals surface area contributed by atoms with Crippen LogP contribution < -0.4 is 4.74 Å². The second-order valence-corrected chi connectivity index (χ2v) is 4.39. The van der Waals surface area contributed by atoms with E-state index in [0.717, 1.165) is 28.6 Å². The van der Waals surface area contributed by atoms with E-state index in [1.807, 2.05) is 44.2 Å². The van der Waals surface area contributed by atoms with Crippen molar-refractivity contribution in [3.8, 4) is 11.5 Å². The average molecular weight is 269 g/mol. The van der Waals surface area contributed by atoms with E-state index in [0.29, 0.717) is 5.75 Å². The van der Waals surface area contributed by atoms with Crippen molar-refractivity contribution in [3.05, 3.63) is 59.4 Å². The van der Waals surface area contributed by atoms with E-state index in [1.54, 1.807) is 12.3 Å². The first-order chi connectivity index (χ1) is 9.56. The Kier molecular flexibility index (Phi) is 4.15. The van der Waals surface area contributed by atoms with Gasteiger partial charge in [-0.05, 0) is 55.3 Å². The maximum atomic E-state index is 10.5. The van der Waals surface area contributed by atoms with E-state index < -0.39 is 5.97 Å². The van der Waals surface area contributed by atoms with Gasteiger partial charge in [-0.1, -0.05) is 6.07 Å². The van der Waals surface area contributed by atoms with Gasteiger partial charge in [-0.3, -0.25) is 4.98 Å². The van der Waals surface area contributed by atoms with Gasteiger partial charge in [0.15, 0.2) is 0 Å². The van der Waals surface area contributed by atoms with Crippen molar-refractivity contribution in [1.29, 1.82) is 0 Å². The Morgan fingerprint density at radius 2 is 2.05 bits per heavy atom. The highest BCUT2D eigenvalue weighted by Crippen LogP contribution is 2.27. The molecule has 0 aliphatic rings. The summed E-state index contributed by atoms with van der Waals surface area (Å²) in [7, 11) is 0. The number of aromatic nitrogens is 1. The predicted molar refractivity (Wildman–Crippen MR) is 76.9 cm³/mol. The number of benzene rings is 1. The number of aliphatic carboxylic acids is 1. The number of pyridine rings is 1. The maximum Gasteiger partial charge on any atom is 0.328 e. The zero-order chi connectivity index (χ0) is 14.5. The molecule has 4 nitrogen and oxygen atoms in total. The minimum atomic E-state index is -0.964. The molecule has 0 aliphatic heterocycles. The number of ether oxygens (including phenoxy) is 1. The molecule has 0 radical (unpaired) electrons. The summed E-state index contributed by atoms with van der Waals surface area (Å²) < 4.78 is 5.82. The summed E-state index contributed by atoms with van der Waals surface area (Å²) >= 11 is 0. The van der Waals surface area contributed by atoms with Crippen LogP contribution in [-0.2, 0) is 4.79 Å². The van der Waals surface area contributed by atoms with Crippen molar-refractivity contribution >= 4 is 12.0 Å². The Bertz CT molecular complexity index is 663. The van der Waals surface area contributed by atoms with Crippen LogP contribution in [0.5, 0.6) is 11.5 Å². The molecule has 102 valence electrons. The van der Waals surface area contributed by atoms with Crippen LogP contribution in [-0.4, -0.2) is 16.1 Å². The number of nitrogens with zero attached hydrogens (tertiary/aromatic N) is 1. The van der Waals surface area contributed by atoms with E-state index >= 15 is 0 Å². The standard InChI is InChI=1S/C16H15NO3/c1-11-10-13(6-8-16(18)19)5-7-14(11)20-15-4-3-9-17-12(15)2/h3-10H,1-2H3,(H,18,19)/b8-6+. The molecular formula is C16H15NO3. The van der Waals surface area contributed by atoms with Gasteiger partial charge in [0.05, 0.1) is 5.69 Å². The molecule has 0 bridgehead atoms. The van der Waals surface area contributed by atoms with E-state index in [9.17, 15) is 4.79 Å². The maximum absolute atomic E-state index is 10.5. The number of carbonyl (C=O) groups is 1. The Hall–Kier alpha value is -2.62. The summed E-state index contributed by atoms with van der Waals surface area (Å²) in [5, 5.41) is 8.61. The minimum Gasteiger partial charge on any atom is -0.478 e. The molecule has 0 fully saturated rings. The lowest BCUT2D eigenvalue weighted by Gasteiger charge is -2.10. The lowest BCUT2D eigenvalue weighted by atomic mass is 10.1. The third kappa shape index (κ3) is 3.45. The van der Waals surface area contributed by atoms with Gasteiger partial charge in [-0.25, -0.2) is 4.79 Å². The van der Waals surface area contributed by atoms with Crippen LogP contribution in [0.1, 0.15) is 16.8 Å². The predicted octanol–water partition coefficient (Wildman–Crippen LogP) is 3.59. The topological polar surface area (TPSA) is 59.4 Å². The lowest BCUT2D eigenvalue weighted by molar-refractivity contribution is -0.131. The molecule has 0 aliphatic carbocycles. The largest absolute Gasteiger partial charge is 0.478 e. The Balaban J connectivity index is 2.22. The van der Waals surface area contributed by atoms with Crippen molar-refractivity contribution in [2.45, 2.75) is 13.8 Å². The Labute approximate surface area is 117 Å². The van der Waals surface area contributed by atoms with Gasteiger partial charge in [-0.15, -0.1) is 0 Å². The fourth-order valence-electron chi connectivity index (χ4n) is 1.75. The minimum absolute atomic E-state index is 0.712. The van der Waals surface area contributed by atoms with E-state index in [1.165, 1.54) is 0 Å². The smallest absolute Gasteiger partial charge is 0.328 e. The number of carboxylic acid groups (broad SMARTS) is 1. The highest BCUT2D eigenvalue weighted by Gasteiger charge is 2.04. The molecule has 1 heterocycles. The fourth-order valence-corrected chi connectivity index (χ4v) is 1.75.